The zero-order chi connectivity index (χ0) is 33.5. The molecule has 0 radical (unpaired) electrons. The molecule has 0 aliphatic carbocycles. The smallest absolute Gasteiger partial charge is 0.297 e. The van der Waals surface area contributed by atoms with Gasteiger partial charge in [0, 0.05) is 48.2 Å². The number of benzene rings is 2. The molecule has 1 amide bonds. The highest BCUT2D eigenvalue weighted by atomic mass is 28.4. The van der Waals surface area contributed by atoms with Crippen LogP contribution in [0.5, 0.6) is 5.75 Å². The van der Waals surface area contributed by atoms with Crippen molar-refractivity contribution in [1.29, 1.82) is 0 Å². The van der Waals surface area contributed by atoms with Gasteiger partial charge in [0.25, 0.3) is 11.5 Å². The third-order valence-electron chi connectivity index (χ3n) is 9.63. The topological polar surface area (TPSA) is 132 Å². The number of aromatic nitrogens is 4. The van der Waals surface area contributed by atoms with Crippen LogP contribution in [0.15, 0.2) is 90.5 Å². The number of aliphatic hydroxyl groups is 1. The molecule has 2 aliphatic rings. The van der Waals surface area contributed by atoms with Gasteiger partial charge in [-0.05, 0) is 55.4 Å². The number of carbonyl (C=O) groups excluding carboxylic acids is 1. The summed E-state index contributed by atoms with van der Waals surface area (Å²) in [5.74, 6) is -0.684. The van der Waals surface area contributed by atoms with Gasteiger partial charge < -0.3 is 24.3 Å². The SMILES string of the molecule is C=CCN1C(=O)[C@@]2(O[C@@H](CCn3cc(C(CO)c4ccccc4)nn3)[C@H]([Si](C)(C)O)[C@H]2C)c2cc(-n3cccc(OC)c3=O)ccc21. The Morgan fingerprint density at radius 3 is 2.60 bits per heavy atom. The molecule has 1 saturated heterocycles. The number of anilines is 1. The lowest BCUT2D eigenvalue weighted by atomic mass is 9.82. The second kappa shape index (κ2) is 12.7. The lowest BCUT2D eigenvalue weighted by molar-refractivity contribution is -0.145. The van der Waals surface area contributed by atoms with E-state index in [0.717, 1.165) is 5.56 Å². The zero-order valence-electron chi connectivity index (χ0n) is 27.1. The number of carbonyl (C=O) groups is 1. The van der Waals surface area contributed by atoms with Crippen molar-refractivity contribution >= 4 is 19.9 Å². The number of fused-ring (bicyclic) bond motifs is 2. The highest BCUT2D eigenvalue weighted by molar-refractivity contribution is 6.71. The van der Waals surface area contributed by atoms with Crippen LogP contribution in [-0.4, -0.2) is 70.1 Å². The van der Waals surface area contributed by atoms with E-state index in [9.17, 15) is 19.5 Å². The first-order valence-electron chi connectivity index (χ1n) is 15.8. The van der Waals surface area contributed by atoms with E-state index in [1.54, 1.807) is 40.1 Å². The van der Waals surface area contributed by atoms with Gasteiger partial charge in [0.2, 0.25) is 0 Å². The Morgan fingerprint density at radius 2 is 1.91 bits per heavy atom. The number of pyridine rings is 1. The monoisotopic (exact) mass is 655 g/mol. The molecule has 12 heteroatoms. The summed E-state index contributed by atoms with van der Waals surface area (Å²) in [5.41, 5.74) is 1.54. The average Bonchev–Trinajstić information content (AvgIpc) is 3.71. The summed E-state index contributed by atoms with van der Waals surface area (Å²) in [6.45, 7) is 10.2. The number of rotatable bonds is 11. The normalized spacial score (nSPS) is 22.9. The molecule has 4 aromatic rings. The number of amides is 1. The molecule has 2 N–H and O–H groups in total. The minimum absolute atomic E-state index is 0.104. The standard InChI is InChI=1S/C35H41N5O6Si/c1-6-17-40-29-15-14-25(39-18-10-13-31(45-3)33(39)42)20-27(29)35(34(40)43)23(2)32(47(4,5)44)30(46-35)16-19-38-21-28(36-37-38)26(22-41)24-11-8-7-9-12-24/h6-15,18,20-21,23,26,30,32,41,44H,1,16-17,19,22H2,2-5H3/t23-,26?,30+,32-,35+/m1/s1. The first-order chi connectivity index (χ1) is 22.5. The molecule has 246 valence electrons. The summed E-state index contributed by atoms with van der Waals surface area (Å²) < 4.78 is 15.4. The maximum Gasteiger partial charge on any atom is 0.297 e. The molecule has 2 aliphatic heterocycles. The summed E-state index contributed by atoms with van der Waals surface area (Å²) in [6.07, 6.45) is 5.19. The van der Waals surface area contributed by atoms with Crippen molar-refractivity contribution in [2.45, 2.75) is 56.1 Å². The van der Waals surface area contributed by atoms with E-state index in [2.05, 4.69) is 16.9 Å². The minimum atomic E-state index is -2.90. The maximum absolute atomic E-state index is 14.5. The lowest BCUT2D eigenvalue weighted by Gasteiger charge is -2.32. The van der Waals surface area contributed by atoms with Gasteiger partial charge in [-0.1, -0.05) is 48.5 Å². The van der Waals surface area contributed by atoms with Crippen LogP contribution in [0.1, 0.15) is 36.1 Å². The molecule has 2 aromatic heterocycles. The Bertz CT molecular complexity index is 1840. The minimum Gasteiger partial charge on any atom is -0.491 e. The van der Waals surface area contributed by atoms with Crippen molar-refractivity contribution in [2.24, 2.45) is 5.92 Å². The van der Waals surface area contributed by atoms with Crippen molar-refractivity contribution in [3.05, 3.63) is 113 Å². The summed E-state index contributed by atoms with van der Waals surface area (Å²) in [7, 11) is -1.45. The van der Waals surface area contributed by atoms with E-state index in [1.165, 1.54) is 11.7 Å². The van der Waals surface area contributed by atoms with Gasteiger partial charge in [0.15, 0.2) is 19.7 Å². The Hall–Kier alpha value is -4.36. The van der Waals surface area contributed by atoms with Crippen LogP contribution >= 0.6 is 0 Å². The van der Waals surface area contributed by atoms with Crippen LogP contribution in [0, 0.1) is 5.92 Å². The van der Waals surface area contributed by atoms with E-state index >= 15 is 0 Å². The molecule has 1 spiro atoms. The van der Waals surface area contributed by atoms with E-state index in [4.69, 9.17) is 9.47 Å². The van der Waals surface area contributed by atoms with Crippen molar-refractivity contribution in [3.8, 4) is 11.4 Å². The van der Waals surface area contributed by atoms with Gasteiger partial charge in [-0.15, -0.1) is 11.7 Å². The zero-order valence-corrected chi connectivity index (χ0v) is 28.1. The van der Waals surface area contributed by atoms with Crippen LogP contribution in [0.3, 0.4) is 0 Å². The highest BCUT2D eigenvalue weighted by Gasteiger charge is 2.66. The molecule has 5 atom stereocenters. The second-order valence-corrected chi connectivity index (χ2v) is 16.8. The molecular formula is C35H41N5O6Si. The number of hydrogen-bond donors (Lipinski definition) is 2. The van der Waals surface area contributed by atoms with E-state index < -0.39 is 20.0 Å². The van der Waals surface area contributed by atoms with E-state index in [-0.39, 0.29) is 47.7 Å². The molecule has 2 aromatic carbocycles. The number of nitrogens with zero attached hydrogens (tertiary/aromatic N) is 5. The van der Waals surface area contributed by atoms with Crippen molar-refractivity contribution in [2.75, 3.05) is 25.2 Å². The number of hydrogen-bond acceptors (Lipinski definition) is 8. The summed E-state index contributed by atoms with van der Waals surface area (Å²) in [6, 6.07) is 18.5. The molecule has 4 heterocycles. The third kappa shape index (κ3) is 5.54. The predicted molar refractivity (Wildman–Crippen MR) is 180 cm³/mol. The largest absolute Gasteiger partial charge is 0.491 e. The van der Waals surface area contributed by atoms with Gasteiger partial charge >= 0.3 is 0 Å². The van der Waals surface area contributed by atoms with Crippen LogP contribution in [0.25, 0.3) is 5.69 Å². The van der Waals surface area contributed by atoms with Crippen LogP contribution in [0.4, 0.5) is 5.69 Å². The number of methoxy groups -OCH3 is 1. The summed E-state index contributed by atoms with van der Waals surface area (Å²) >= 11 is 0. The van der Waals surface area contributed by atoms with Crippen molar-refractivity contribution < 1.29 is 24.2 Å². The second-order valence-electron chi connectivity index (χ2n) is 12.9. The lowest BCUT2D eigenvalue weighted by Crippen LogP contribution is -2.46. The molecule has 6 rings (SSSR count). The van der Waals surface area contributed by atoms with Crippen LogP contribution < -0.4 is 15.2 Å². The average molecular weight is 656 g/mol. The Morgan fingerprint density at radius 1 is 1.15 bits per heavy atom. The van der Waals surface area contributed by atoms with Gasteiger partial charge in [0.05, 0.1) is 37.1 Å². The molecule has 47 heavy (non-hydrogen) atoms. The summed E-state index contributed by atoms with van der Waals surface area (Å²) in [5, 5.41) is 18.8. The fraction of sp³-hybridized carbons (Fsp3) is 0.371. The van der Waals surface area contributed by atoms with Crippen molar-refractivity contribution in [1.82, 2.24) is 19.6 Å². The number of aryl methyl sites for hydroxylation is 1. The fourth-order valence-corrected chi connectivity index (χ4v) is 10.1. The van der Waals surface area contributed by atoms with Gasteiger partial charge in [-0.3, -0.25) is 18.8 Å². The number of aliphatic hydroxyl groups excluding tert-OH is 1. The van der Waals surface area contributed by atoms with Gasteiger partial charge in [-0.2, -0.15) is 0 Å². The Balaban J connectivity index is 1.36. The quantitative estimate of drug-likeness (QED) is 0.183. The molecule has 1 unspecified atom stereocenters. The van der Waals surface area contributed by atoms with E-state index in [0.29, 0.717) is 35.6 Å². The van der Waals surface area contributed by atoms with Crippen LogP contribution in [0.2, 0.25) is 18.6 Å². The number of ether oxygens (including phenoxy) is 2. The van der Waals surface area contributed by atoms with Crippen molar-refractivity contribution in [3.63, 3.8) is 0 Å². The third-order valence-corrected chi connectivity index (χ3v) is 12.1. The Labute approximate surface area is 274 Å². The Kier molecular flexibility index (Phi) is 8.79. The van der Waals surface area contributed by atoms with E-state index in [1.807, 2.05) is 68.7 Å². The molecule has 1 fully saturated rings. The van der Waals surface area contributed by atoms with Gasteiger partial charge in [0.1, 0.15) is 0 Å². The summed E-state index contributed by atoms with van der Waals surface area (Å²) in [4.78, 5) is 41.0. The first kappa shape index (κ1) is 32.6. The molecule has 0 bridgehead atoms. The first-order valence-corrected chi connectivity index (χ1v) is 18.9. The molecule has 11 nitrogen and oxygen atoms in total. The fourth-order valence-electron chi connectivity index (χ4n) is 7.53. The highest BCUT2D eigenvalue weighted by Crippen LogP contribution is 2.59. The molecular weight excluding hydrogens is 615 g/mol. The predicted octanol–water partition coefficient (Wildman–Crippen LogP) is 3.98. The van der Waals surface area contributed by atoms with Gasteiger partial charge in [-0.25, -0.2) is 0 Å². The molecule has 0 saturated carbocycles. The van der Waals surface area contributed by atoms with Crippen LogP contribution in [-0.2, 0) is 21.7 Å². The maximum atomic E-state index is 14.5.